The highest BCUT2D eigenvalue weighted by Gasteiger charge is 2.34. The van der Waals surface area contributed by atoms with Gasteiger partial charge in [-0.1, -0.05) is 51.1 Å². The van der Waals surface area contributed by atoms with Gasteiger partial charge in [-0.2, -0.15) is 0 Å². The van der Waals surface area contributed by atoms with Crippen molar-refractivity contribution < 1.29 is 24.5 Å². The number of carboxylic acid groups (broad SMARTS) is 1. The lowest BCUT2D eigenvalue weighted by molar-refractivity contribution is 0.0617. The van der Waals surface area contributed by atoms with Gasteiger partial charge in [0, 0.05) is 25.2 Å². The number of carbonyl (C=O) groups is 2. The van der Waals surface area contributed by atoms with E-state index in [1.165, 1.54) is 0 Å². The smallest absolute Gasteiger partial charge is 0.404 e. The molecular formula is C26H36N4O5. The van der Waals surface area contributed by atoms with Crippen molar-refractivity contribution in [2.75, 3.05) is 31.6 Å². The molecule has 1 heterocycles. The van der Waals surface area contributed by atoms with Gasteiger partial charge in [0.1, 0.15) is 5.75 Å². The molecule has 3 atom stereocenters. The first kappa shape index (κ1) is 26.3. The Labute approximate surface area is 206 Å². The monoisotopic (exact) mass is 484 g/mol. The third-order valence-electron chi connectivity index (χ3n) is 6.01. The van der Waals surface area contributed by atoms with Crippen molar-refractivity contribution in [3.63, 3.8) is 0 Å². The largest absolute Gasteiger partial charge is 0.465 e. The van der Waals surface area contributed by atoms with E-state index in [4.69, 9.17) is 4.74 Å². The van der Waals surface area contributed by atoms with Gasteiger partial charge in [-0.3, -0.25) is 9.69 Å². The second-order valence-corrected chi connectivity index (χ2v) is 9.27. The van der Waals surface area contributed by atoms with Gasteiger partial charge in [-0.15, -0.1) is 0 Å². The summed E-state index contributed by atoms with van der Waals surface area (Å²) < 4.78 is 6.19. The van der Waals surface area contributed by atoms with Crippen molar-refractivity contribution in [2.45, 2.75) is 45.7 Å². The summed E-state index contributed by atoms with van der Waals surface area (Å²) in [7, 11) is 2.00. The molecule has 0 fully saturated rings. The molecule has 0 saturated heterocycles. The van der Waals surface area contributed by atoms with E-state index in [1.807, 2.05) is 43.4 Å². The molecule has 0 aliphatic carbocycles. The fraction of sp³-hybridized carbons (Fsp3) is 0.462. The Bertz CT molecular complexity index is 1000. The molecule has 3 rings (SSSR count). The lowest BCUT2D eigenvalue weighted by Crippen LogP contribution is -2.49. The van der Waals surface area contributed by atoms with E-state index in [0.717, 1.165) is 24.3 Å². The molecule has 0 bridgehead atoms. The van der Waals surface area contributed by atoms with Gasteiger partial charge in [0.15, 0.2) is 0 Å². The second-order valence-electron chi connectivity index (χ2n) is 9.27. The molecule has 9 heteroatoms. The summed E-state index contributed by atoms with van der Waals surface area (Å²) in [6.07, 6.45) is -2.28. The van der Waals surface area contributed by atoms with Gasteiger partial charge >= 0.3 is 6.09 Å². The maximum Gasteiger partial charge on any atom is 0.404 e. The molecular weight excluding hydrogens is 448 g/mol. The predicted molar refractivity (Wildman–Crippen MR) is 135 cm³/mol. The van der Waals surface area contributed by atoms with Gasteiger partial charge in [-0.25, -0.2) is 4.79 Å². The zero-order valence-corrected chi connectivity index (χ0v) is 20.8. The molecule has 1 aliphatic heterocycles. The Morgan fingerprint density at radius 1 is 1.17 bits per heavy atom. The molecule has 190 valence electrons. The van der Waals surface area contributed by atoms with Crippen LogP contribution in [0, 0.1) is 5.92 Å². The van der Waals surface area contributed by atoms with Crippen LogP contribution in [-0.2, 0) is 6.42 Å². The third kappa shape index (κ3) is 6.86. The van der Waals surface area contributed by atoms with Crippen LogP contribution in [-0.4, -0.2) is 72.3 Å². The van der Waals surface area contributed by atoms with Crippen LogP contribution in [0.1, 0.15) is 36.7 Å². The van der Waals surface area contributed by atoms with Crippen molar-refractivity contribution in [1.82, 2.24) is 15.5 Å². The average Bonchev–Trinajstić information content (AvgIpc) is 3.18. The fourth-order valence-electron chi connectivity index (χ4n) is 4.10. The highest BCUT2D eigenvalue weighted by molar-refractivity contribution is 5.95. The first-order valence-corrected chi connectivity index (χ1v) is 12.0. The molecule has 2 aromatic rings. The lowest BCUT2D eigenvalue weighted by atomic mass is 10.0. The minimum absolute atomic E-state index is 0.102. The Balaban J connectivity index is 1.67. The summed E-state index contributed by atoms with van der Waals surface area (Å²) in [5.41, 5.74) is 2.23. The van der Waals surface area contributed by atoms with Crippen LogP contribution in [0.3, 0.4) is 0 Å². The van der Waals surface area contributed by atoms with Gasteiger partial charge in [0.05, 0.1) is 17.8 Å². The standard InChI is InChI=1S/C26H36N4O5/c1-5-29(4)26-30(16-17(2)3)21-12-11-19(14-23(21)35-26)24(32)27-15-22(31)20(28-25(33)34)13-18-9-7-6-8-10-18/h6-12,14,17,20,22,26,28,31H,5,13,15-16H2,1-4H3,(H,27,32)(H,33,34)/t20-,22+,26?/m0/s1. The fourth-order valence-corrected chi connectivity index (χ4v) is 4.10. The van der Waals surface area contributed by atoms with E-state index in [-0.39, 0.29) is 18.8 Å². The summed E-state index contributed by atoms with van der Waals surface area (Å²) in [5, 5.41) is 24.9. The van der Waals surface area contributed by atoms with Crippen LogP contribution >= 0.6 is 0 Å². The summed E-state index contributed by atoms with van der Waals surface area (Å²) in [4.78, 5) is 28.4. The second kappa shape index (κ2) is 11.9. The SMILES string of the molecule is CCN(C)C1Oc2cc(C(=O)NC[C@@H](O)[C@H](Cc3ccccc3)NC(=O)O)ccc2N1CC(C)C. The van der Waals surface area contributed by atoms with Crippen molar-refractivity contribution in [3.8, 4) is 5.75 Å². The van der Waals surface area contributed by atoms with Crippen LogP contribution in [0.25, 0.3) is 0 Å². The number of nitrogens with zero attached hydrogens (tertiary/aromatic N) is 2. The predicted octanol–water partition coefficient (Wildman–Crippen LogP) is 2.75. The van der Waals surface area contributed by atoms with E-state index in [1.54, 1.807) is 12.1 Å². The van der Waals surface area contributed by atoms with E-state index >= 15 is 0 Å². The van der Waals surface area contributed by atoms with Crippen LogP contribution in [0.15, 0.2) is 48.5 Å². The summed E-state index contributed by atoms with van der Waals surface area (Å²) >= 11 is 0. The van der Waals surface area contributed by atoms with Crippen LogP contribution in [0.2, 0.25) is 0 Å². The number of hydrogen-bond acceptors (Lipinski definition) is 6. The van der Waals surface area contributed by atoms with E-state index < -0.39 is 18.2 Å². The number of carbonyl (C=O) groups excluding carboxylic acids is 1. The summed E-state index contributed by atoms with van der Waals surface area (Å²) in [6, 6.07) is 13.9. The van der Waals surface area contributed by atoms with Crippen LogP contribution in [0.4, 0.5) is 10.5 Å². The van der Waals surface area contributed by atoms with E-state index in [9.17, 15) is 19.8 Å². The molecule has 2 aromatic carbocycles. The third-order valence-corrected chi connectivity index (χ3v) is 6.01. The van der Waals surface area contributed by atoms with E-state index in [0.29, 0.717) is 23.7 Å². The molecule has 1 unspecified atom stereocenters. The Morgan fingerprint density at radius 2 is 1.89 bits per heavy atom. The molecule has 0 aromatic heterocycles. The quantitative estimate of drug-likeness (QED) is 0.388. The molecule has 1 aliphatic rings. The number of anilines is 1. The van der Waals surface area contributed by atoms with Crippen molar-refractivity contribution >= 4 is 17.7 Å². The summed E-state index contributed by atoms with van der Waals surface area (Å²) in [6.45, 7) is 7.90. The minimum atomic E-state index is -1.23. The Morgan fingerprint density at radius 3 is 2.51 bits per heavy atom. The molecule has 0 radical (unpaired) electrons. The number of aliphatic hydroxyl groups is 1. The van der Waals surface area contributed by atoms with Crippen molar-refractivity contribution in [1.29, 1.82) is 0 Å². The number of amides is 2. The number of aliphatic hydroxyl groups excluding tert-OH is 1. The van der Waals surface area contributed by atoms with Crippen molar-refractivity contribution in [2.24, 2.45) is 5.92 Å². The topological polar surface area (TPSA) is 114 Å². The number of ether oxygens (including phenoxy) is 1. The number of nitrogens with one attached hydrogen (secondary N) is 2. The first-order chi connectivity index (χ1) is 16.7. The minimum Gasteiger partial charge on any atom is -0.465 e. The molecule has 2 amide bonds. The van der Waals surface area contributed by atoms with Crippen LogP contribution in [0.5, 0.6) is 5.75 Å². The normalized spacial score (nSPS) is 16.5. The van der Waals surface area contributed by atoms with Gasteiger partial charge in [0.2, 0.25) is 6.35 Å². The number of rotatable bonds is 11. The maximum absolute atomic E-state index is 12.8. The van der Waals surface area contributed by atoms with Gasteiger partial charge < -0.3 is 30.5 Å². The Hall–Kier alpha value is -3.30. The van der Waals surface area contributed by atoms with E-state index in [2.05, 4.69) is 41.2 Å². The number of hydrogen-bond donors (Lipinski definition) is 4. The molecule has 9 nitrogen and oxygen atoms in total. The first-order valence-electron chi connectivity index (χ1n) is 12.0. The molecule has 0 spiro atoms. The van der Waals surface area contributed by atoms with Gasteiger partial charge in [-0.05, 0) is 43.1 Å². The lowest BCUT2D eigenvalue weighted by Gasteiger charge is -2.32. The molecule has 35 heavy (non-hydrogen) atoms. The van der Waals surface area contributed by atoms with Crippen LogP contribution < -0.4 is 20.3 Å². The van der Waals surface area contributed by atoms with Crippen molar-refractivity contribution in [3.05, 3.63) is 59.7 Å². The zero-order chi connectivity index (χ0) is 25.5. The number of benzene rings is 2. The molecule has 4 N–H and O–H groups in total. The summed E-state index contributed by atoms with van der Waals surface area (Å²) in [5.74, 6) is 0.704. The zero-order valence-electron chi connectivity index (χ0n) is 20.8. The highest BCUT2D eigenvalue weighted by Crippen LogP contribution is 2.39. The Kier molecular flexibility index (Phi) is 8.95. The maximum atomic E-state index is 12.8. The van der Waals surface area contributed by atoms with Gasteiger partial charge in [0.25, 0.3) is 5.91 Å². The average molecular weight is 485 g/mol. The highest BCUT2D eigenvalue weighted by atomic mass is 16.5. The molecule has 0 saturated carbocycles. The number of fused-ring (bicyclic) bond motifs is 1.